The van der Waals surface area contributed by atoms with Crippen molar-refractivity contribution >= 4 is 24.2 Å². The van der Waals surface area contributed by atoms with Gasteiger partial charge in [0.15, 0.2) is 11.5 Å². The van der Waals surface area contributed by atoms with E-state index in [2.05, 4.69) is 34.2 Å². The van der Waals surface area contributed by atoms with Crippen LogP contribution in [-0.4, -0.2) is 66.0 Å². The molecule has 1 N–H and O–H groups in total. The molecular weight excluding hydrogens is 478 g/mol. The molecule has 1 aromatic carbocycles. The zero-order valence-electron chi connectivity index (χ0n) is 21.2. The molecule has 2 saturated heterocycles. The average Bonchev–Trinajstić information content (AvgIpc) is 2.89. The number of hydrogen-bond donors (Lipinski definition) is 1. The lowest BCUT2D eigenvalue weighted by Gasteiger charge is -2.51. The van der Waals surface area contributed by atoms with Crippen molar-refractivity contribution in [3.05, 3.63) is 23.8 Å². The van der Waals surface area contributed by atoms with Crippen LogP contribution in [0, 0.1) is 17.8 Å². The molecule has 0 radical (unpaired) electrons. The second-order valence-electron chi connectivity index (χ2n) is 10.4. The molecule has 1 atom stereocenters. The third-order valence-electron chi connectivity index (χ3n) is 8.21. The van der Waals surface area contributed by atoms with E-state index in [4.69, 9.17) is 9.47 Å². The maximum Gasteiger partial charge on any atom is 0.246 e. The fourth-order valence-corrected chi connectivity index (χ4v) is 6.20. The fraction of sp³-hybridized carbons (Fsp3) is 0.643. The van der Waals surface area contributed by atoms with Crippen molar-refractivity contribution in [3.63, 3.8) is 0 Å². The summed E-state index contributed by atoms with van der Waals surface area (Å²) in [5.74, 6) is 8.19. The number of amides is 2. The van der Waals surface area contributed by atoms with Crippen molar-refractivity contribution in [1.82, 2.24) is 15.1 Å². The van der Waals surface area contributed by atoms with Gasteiger partial charge >= 0.3 is 0 Å². The number of piperidine rings is 1. The molecule has 3 fully saturated rings. The monoisotopic (exact) mass is 515 g/mol. The minimum absolute atomic E-state index is 0. The summed E-state index contributed by atoms with van der Waals surface area (Å²) in [6.07, 6.45) is 8.07. The van der Waals surface area contributed by atoms with Crippen molar-refractivity contribution < 1.29 is 19.1 Å². The van der Waals surface area contributed by atoms with Crippen molar-refractivity contribution in [3.8, 4) is 23.3 Å². The summed E-state index contributed by atoms with van der Waals surface area (Å²) in [5, 5.41) is 3.15. The Hall–Kier alpha value is -2.43. The Morgan fingerprint density at radius 3 is 2.50 bits per heavy atom. The highest BCUT2D eigenvalue weighted by atomic mass is 35.5. The number of piperazine rings is 1. The molecule has 2 amide bonds. The highest BCUT2D eigenvalue weighted by Crippen LogP contribution is 2.36. The molecule has 1 aliphatic carbocycles. The number of hydrogen-bond acceptors (Lipinski definition) is 5. The normalized spacial score (nSPS) is 23.9. The van der Waals surface area contributed by atoms with Gasteiger partial charge in [0, 0.05) is 19.6 Å². The van der Waals surface area contributed by atoms with E-state index in [0.717, 1.165) is 56.0 Å². The minimum Gasteiger partial charge on any atom is -0.486 e. The largest absolute Gasteiger partial charge is 0.486 e. The van der Waals surface area contributed by atoms with Gasteiger partial charge in [-0.15, -0.1) is 18.3 Å². The van der Waals surface area contributed by atoms with E-state index < -0.39 is 11.6 Å². The van der Waals surface area contributed by atoms with Crippen LogP contribution in [0.4, 0.5) is 0 Å². The van der Waals surface area contributed by atoms with Crippen LogP contribution in [-0.2, 0) is 16.1 Å². The Morgan fingerprint density at radius 1 is 1.06 bits per heavy atom. The van der Waals surface area contributed by atoms with Gasteiger partial charge in [0.1, 0.15) is 24.8 Å². The molecule has 3 aliphatic heterocycles. The molecule has 36 heavy (non-hydrogen) atoms. The SMILES string of the molecule is CC#CCN1C(=O)C(CC2CCCCC2)NC(=O)C12CCN(Cc1ccc3c(c1)OCCO3)CC2.Cl. The molecular formula is C28H38ClN3O4. The number of nitrogens with one attached hydrogen (secondary N) is 1. The Morgan fingerprint density at radius 2 is 1.78 bits per heavy atom. The van der Waals surface area contributed by atoms with Crippen LogP contribution in [0.1, 0.15) is 63.9 Å². The number of carbonyl (C=O) groups excluding carboxylic acids is 2. The predicted molar refractivity (Wildman–Crippen MR) is 140 cm³/mol. The van der Waals surface area contributed by atoms with Gasteiger partial charge in [0.2, 0.25) is 11.8 Å². The summed E-state index contributed by atoms with van der Waals surface area (Å²) >= 11 is 0. The minimum atomic E-state index is -0.798. The van der Waals surface area contributed by atoms with Crippen molar-refractivity contribution in [1.29, 1.82) is 0 Å². The van der Waals surface area contributed by atoms with Crippen LogP contribution in [0.15, 0.2) is 18.2 Å². The lowest BCUT2D eigenvalue weighted by atomic mass is 9.79. The van der Waals surface area contributed by atoms with Crippen molar-refractivity contribution in [2.24, 2.45) is 5.92 Å². The smallest absolute Gasteiger partial charge is 0.246 e. The Bertz CT molecular complexity index is 1010. The van der Waals surface area contributed by atoms with Gasteiger partial charge in [-0.3, -0.25) is 14.5 Å². The highest BCUT2D eigenvalue weighted by molar-refractivity contribution is 6.00. The van der Waals surface area contributed by atoms with Crippen LogP contribution >= 0.6 is 12.4 Å². The summed E-state index contributed by atoms with van der Waals surface area (Å²) in [5.41, 5.74) is 0.364. The molecule has 196 valence electrons. The molecule has 1 spiro atoms. The number of rotatable bonds is 5. The summed E-state index contributed by atoms with van der Waals surface area (Å²) in [7, 11) is 0. The van der Waals surface area contributed by atoms with E-state index >= 15 is 0 Å². The summed E-state index contributed by atoms with van der Waals surface area (Å²) < 4.78 is 11.4. The first-order valence-corrected chi connectivity index (χ1v) is 13.2. The van der Waals surface area contributed by atoms with E-state index in [1.165, 1.54) is 19.3 Å². The summed E-state index contributed by atoms with van der Waals surface area (Å²) in [6.45, 7) is 5.55. The molecule has 4 aliphatic rings. The van der Waals surface area contributed by atoms with Crippen LogP contribution in [0.5, 0.6) is 11.5 Å². The van der Waals surface area contributed by atoms with Gasteiger partial charge in [-0.1, -0.05) is 44.1 Å². The zero-order chi connectivity index (χ0) is 24.3. The van der Waals surface area contributed by atoms with E-state index in [1.807, 2.05) is 11.0 Å². The van der Waals surface area contributed by atoms with E-state index in [1.54, 1.807) is 6.92 Å². The van der Waals surface area contributed by atoms with Crippen LogP contribution in [0.2, 0.25) is 0 Å². The molecule has 7 nitrogen and oxygen atoms in total. The molecule has 8 heteroatoms. The Kier molecular flexibility index (Phi) is 8.69. The zero-order valence-corrected chi connectivity index (χ0v) is 22.0. The Labute approximate surface area is 220 Å². The van der Waals surface area contributed by atoms with Crippen LogP contribution < -0.4 is 14.8 Å². The number of likely N-dealkylation sites (tertiary alicyclic amines) is 1. The van der Waals surface area contributed by atoms with Gasteiger partial charge < -0.3 is 19.7 Å². The molecule has 1 unspecified atom stereocenters. The van der Waals surface area contributed by atoms with Gasteiger partial charge in [0.05, 0.1) is 6.54 Å². The van der Waals surface area contributed by atoms with E-state index in [9.17, 15) is 9.59 Å². The maximum absolute atomic E-state index is 13.6. The highest BCUT2D eigenvalue weighted by Gasteiger charge is 2.53. The third-order valence-corrected chi connectivity index (χ3v) is 8.21. The third kappa shape index (κ3) is 5.45. The number of benzene rings is 1. The first kappa shape index (κ1) is 26.6. The summed E-state index contributed by atoms with van der Waals surface area (Å²) in [4.78, 5) is 31.4. The molecule has 0 aromatic heterocycles. The number of ether oxygens (including phenoxy) is 2. The molecule has 5 rings (SSSR count). The second-order valence-corrected chi connectivity index (χ2v) is 10.4. The standard InChI is InChI=1S/C28H37N3O4.ClH/c1-2-3-13-31-26(32)23(18-21-7-5-4-6-8-21)29-27(33)28(31)11-14-30(15-12-28)20-22-9-10-24-25(19-22)35-17-16-34-24;/h9-10,19,21,23H,4-8,11-18,20H2,1H3,(H,29,33);1H. The quantitative estimate of drug-likeness (QED) is 0.607. The molecule has 0 bridgehead atoms. The lowest BCUT2D eigenvalue weighted by Crippen LogP contribution is -2.73. The van der Waals surface area contributed by atoms with Crippen LogP contribution in [0.25, 0.3) is 0 Å². The lowest BCUT2D eigenvalue weighted by molar-refractivity contribution is -0.160. The summed E-state index contributed by atoms with van der Waals surface area (Å²) in [6, 6.07) is 5.69. The van der Waals surface area contributed by atoms with E-state index in [-0.39, 0.29) is 24.2 Å². The molecule has 1 saturated carbocycles. The van der Waals surface area contributed by atoms with Gasteiger partial charge in [-0.25, -0.2) is 0 Å². The van der Waals surface area contributed by atoms with Crippen LogP contribution in [0.3, 0.4) is 0 Å². The predicted octanol–water partition coefficient (Wildman–Crippen LogP) is 3.53. The van der Waals surface area contributed by atoms with E-state index in [0.29, 0.717) is 38.5 Å². The number of nitrogens with zero attached hydrogens (tertiary/aromatic N) is 2. The first-order chi connectivity index (χ1) is 17.1. The van der Waals surface area contributed by atoms with Gasteiger partial charge in [-0.05, 0) is 49.8 Å². The van der Waals surface area contributed by atoms with Gasteiger partial charge in [0.25, 0.3) is 0 Å². The first-order valence-electron chi connectivity index (χ1n) is 13.2. The van der Waals surface area contributed by atoms with Crippen molar-refractivity contribution in [2.45, 2.75) is 76.4 Å². The Balaban J connectivity index is 0.00000304. The second kappa shape index (κ2) is 11.7. The molecule has 1 aromatic rings. The number of halogens is 1. The fourth-order valence-electron chi connectivity index (χ4n) is 6.20. The van der Waals surface area contributed by atoms with Crippen molar-refractivity contribution in [2.75, 3.05) is 32.8 Å². The number of carbonyl (C=O) groups is 2. The molecule has 3 heterocycles. The average molecular weight is 516 g/mol. The topological polar surface area (TPSA) is 71.1 Å². The number of fused-ring (bicyclic) bond motifs is 1. The van der Waals surface area contributed by atoms with Gasteiger partial charge in [-0.2, -0.15) is 0 Å². The maximum atomic E-state index is 13.6.